The summed E-state index contributed by atoms with van der Waals surface area (Å²) in [6, 6.07) is 0. The van der Waals surface area contributed by atoms with Crippen LogP contribution in [0, 0.1) is 5.92 Å². The van der Waals surface area contributed by atoms with Crippen LogP contribution in [0.3, 0.4) is 0 Å². The predicted molar refractivity (Wildman–Crippen MR) is 56.5 cm³/mol. The fourth-order valence-electron chi connectivity index (χ4n) is 1.80. The Hall–Kier alpha value is -0.560. The summed E-state index contributed by atoms with van der Waals surface area (Å²) >= 11 is 0. The van der Waals surface area contributed by atoms with E-state index in [4.69, 9.17) is 0 Å². The van der Waals surface area contributed by atoms with Gasteiger partial charge in [0.2, 0.25) is 0 Å². The van der Waals surface area contributed by atoms with Gasteiger partial charge in [-0.1, -0.05) is 37.5 Å². The van der Waals surface area contributed by atoms with Gasteiger partial charge in [-0.15, -0.1) is 6.58 Å². The van der Waals surface area contributed by atoms with Gasteiger partial charge in [0.1, 0.15) is 0 Å². The molecule has 1 aliphatic rings. The second-order valence-corrected chi connectivity index (χ2v) is 3.81. The summed E-state index contributed by atoms with van der Waals surface area (Å²) in [5.41, 5.74) is 0. The van der Waals surface area contributed by atoms with Gasteiger partial charge < -0.3 is 5.11 Å². The first-order valence-electron chi connectivity index (χ1n) is 5.32. The van der Waals surface area contributed by atoms with Gasteiger partial charge in [0.05, 0.1) is 6.10 Å². The fourth-order valence-corrected chi connectivity index (χ4v) is 1.80. The summed E-state index contributed by atoms with van der Waals surface area (Å²) in [5.74, 6) is 0.259. The number of hydrogen-bond acceptors (Lipinski definition) is 1. The Morgan fingerprint density at radius 3 is 2.77 bits per heavy atom. The van der Waals surface area contributed by atoms with Crippen LogP contribution < -0.4 is 0 Å². The van der Waals surface area contributed by atoms with Crippen LogP contribution in [-0.2, 0) is 0 Å². The summed E-state index contributed by atoms with van der Waals surface area (Å²) in [5, 5.41) is 9.73. The zero-order valence-electron chi connectivity index (χ0n) is 8.28. The van der Waals surface area contributed by atoms with Crippen LogP contribution in [0.2, 0.25) is 0 Å². The van der Waals surface area contributed by atoms with Crippen LogP contribution in [0.4, 0.5) is 0 Å². The fraction of sp³-hybridized carbons (Fsp3) is 0.667. The molecule has 1 heteroatoms. The molecule has 0 unspecified atom stereocenters. The second kappa shape index (κ2) is 5.98. The van der Waals surface area contributed by atoms with Crippen molar-refractivity contribution in [2.75, 3.05) is 0 Å². The summed E-state index contributed by atoms with van der Waals surface area (Å²) < 4.78 is 0. The smallest absolute Gasteiger partial charge is 0.0783 e. The van der Waals surface area contributed by atoms with Crippen molar-refractivity contribution in [3.63, 3.8) is 0 Å². The van der Waals surface area contributed by atoms with Crippen molar-refractivity contribution < 1.29 is 5.11 Å². The first-order valence-corrected chi connectivity index (χ1v) is 5.32. The van der Waals surface area contributed by atoms with Crippen LogP contribution in [0.15, 0.2) is 24.8 Å². The average Bonchev–Trinajstić information content (AvgIpc) is 2.16. The molecule has 0 aliphatic heterocycles. The molecule has 74 valence electrons. The molecule has 0 heterocycles. The number of hydrogen-bond donors (Lipinski definition) is 1. The van der Waals surface area contributed by atoms with E-state index in [2.05, 4.69) is 12.7 Å². The first-order chi connectivity index (χ1) is 6.34. The number of allylic oxidation sites excluding steroid dienone is 1. The predicted octanol–water partition coefficient (Wildman–Crippen LogP) is 3.06. The van der Waals surface area contributed by atoms with Gasteiger partial charge in [-0.25, -0.2) is 0 Å². The van der Waals surface area contributed by atoms with Crippen molar-refractivity contribution >= 4 is 0 Å². The largest absolute Gasteiger partial charge is 0.388 e. The van der Waals surface area contributed by atoms with Gasteiger partial charge in [-0.2, -0.15) is 0 Å². The Balaban J connectivity index is 2.50. The summed E-state index contributed by atoms with van der Waals surface area (Å²) in [6.07, 6.45) is 12.9. The molecule has 0 bridgehead atoms. The van der Waals surface area contributed by atoms with Crippen LogP contribution in [0.25, 0.3) is 0 Å². The molecule has 13 heavy (non-hydrogen) atoms. The lowest BCUT2D eigenvalue weighted by molar-refractivity contribution is 0.169. The molecule has 0 fully saturated rings. The van der Waals surface area contributed by atoms with Gasteiger partial charge in [-0.3, -0.25) is 0 Å². The molecule has 1 aliphatic carbocycles. The molecule has 2 atom stereocenters. The highest BCUT2D eigenvalue weighted by Gasteiger charge is 2.12. The maximum Gasteiger partial charge on any atom is 0.0783 e. The minimum absolute atomic E-state index is 0.259. The molecule has 0 aromatic heterocycles. The van der Waals surface area contributed by atoms with E-state index in [1.807, 2.05) is 12.2 Å². The first kappa shape index (κ1) is 10.5. The number of aliphatic hydroxyl groups is 1. The number of aliphatic hydroxyl groups excluding tert-OH is 1. The van der Waals surface area contributed by atoms with E-state index in [1.54, 1.807) is 0 Å². The van der Waals surface area contributed by atoms with Gasteiger partial charge in [0.25, 0.3) is 0 Å². The molecule has 0 amide bonds. The van der Waals surface area contributed by atoms with Crippen molar-refractivity contribution in [2.45, 2.75) is 44.6 Å². The van der Waals surface area contributed by atoms with Crippen molar-refractivity contribution in [3.05, 3.63) is 24.8 Å². The molecule has 0 aromatic rings. The third kappa shape index (κ3) is 3.77. The van der Waals surface area contributed by atoms with Crippen molar-refractivity contribution in [1.29, 1.82) is 0 Å². The zero-order chi connectivity index (χ0) is 9.52. The highest BCUT2D eigenvalue weighted by Crippen LogP contribution is 2.19. The number of rotatable bonds is 1. The van der Waals surface area contributed by atoms with Crippen molar-refractivity contribution in [3.8, 4) is 0 Å². The molecule has 1 rings (SSSR count). The molecular formula is C12H20O. The Morgan fingerprint density at radius 1 is 1.23 bits per heavy atom. The molecule has 0 spiro atoms. The Labute approximate surface area is 81.2 Å². The Morgan fingerprint density at radius 2 is 2.00 bits per heavy atom. The van der Waals surface area contributed by atoms with Crippen LogP contribution in [-0.4, -0.2) is 11.2 Å². The van der Waals surface area contributed by atoms with E-state index < -0.39 is 0 Å². The minimum Gasteiger partial charge on any atom is -0.388 e. The van der Waals surface area contributed by atoms with Gasteiger partial charge in [-0.05, 0) is 19.3 Å². The van der Waals surface area contributed by atoms with E-state index in [9.17, 15) is 5.11 Å². The summed E-state index contributed by atoms with van der Waals surface area (Å²) in [4.78, 5) is 0. The molecule has 0 radical (unpaired) electrons. The van der Waals surface area contributed by atoms with Crippen molar-refractivity contribution in [2.24, 2.45) is 5.92 Å². The lowest BCUT2D eigenvalue weighted by Crippen LogP contribution is -2.16. The van der Waals surface area contributed by atoms with E-state index >= 15 is 0 Å². The van der Waals surface area contributed by atoms with Gasteiger partial charge in [0.15, 0.2) is 0 Å². The van der Waals surface area contributed by atoms with Crippen molar-refractivity contribution in [1.82, 2.24) is 0 Å². The van der Waals surface area contributed by atoms with E-state index in [-0.39, 0.29) is 12.0 Å². The highest BCUT2D eigenvalue weighted by molar-refractivity contribution is 4.97. The average molecular weight is 180 g/mol. The van der Waals surface area contributed by atoms with Crippen LogP contribution in [0.5, 0.6) is 0 Å². The topological polar surface area (TPSA) is 20.2 Å². The van der Waals surface area contributed by atoms with E-state index in [1.165, 1.54) is 25.7 Å². The molecule has 0 saturated heterocycles. The van der Waals surface area contributed by atoms with E-state index in [0.717, 1.165) is 12.8 Å². The van der Waals surface area contributed by atoms with Gasteiger partial charge >= 0.3 is 0 Å². The normalized spacial score (nSPS) is 33.6. The SMILES string of the molecule is C=C[C@@H]1CCCCCC/C=C\[C@H]1O. The minimum atomic E-state index is -0.310. The lowest BCUT2D eigenvalue weighted by atomic mass is 9.93. The monoisotopic (exact) mass is 180 g/mol. The second-order valence-electron chi connectivity index (χ2n) is 3.81. The van der Waals surface area contributed by atoms with E-state index in [0.29, 0.717) is 0 Å². The third-order valence-electron chi connectivity index (χ3n) is 2.73. The van der Waals surface area contributed by atoms with Gasteiger partial charge in [0, 0.05) is 5.92 Å². The third-order valence-corrected chi connectivity index (χ3v) is 2.73. The molecule has 1 N–H and O–H groups in total. The summed E-state index contributed by atoms with van der Waals surface area (Å²) in [6.45, 7) is 3.77. The van der Waals surface area contributed by atoms with Crippen LogP contribution >= 0.6 is 0 Å². The Bertz CT molecular complexity index is 172. The molecule has 1 nitrogen and oxygen atoms in total. The maximum absolute atomic E-state index is 9.73. The van der Waals surface area contributed by atoms with Crippen LogP contribution in [0.1, 0.15) is 38.5 Å². The molecule has 0 aromatic carbocycles. The standard InChI is InChI=1S/C12H20O/c1-2-11-9-7-5-3-4-6-8-10-12(11)13/h2,8,10-13H,1,3-7,9H2/b10-8-/t11-,12-/m1/s1. The lowest BCUT2D eigenvalue weighted by Gasteiger charge is -2.17. The Kier molecular flexibility index (Phi) is 4.84. The quantitative estimate of drug-likeness (QED) is 0.615. The zero-order valence-corrected chi connectivity index (χ0v) is 8.28. The maximum atomic E-state index is 9.73. The molecular weight excluding hydrogens is 160 g/mol. The molecule has 0 saturated carbocycles. The summed E-state index contributed by atoms with van der Waals surface area (Å²) in [7, 11) is 0. The highest BCUT2D eigenvalue weighted by atomic mass is 16.3.